The van der Waals surface area contributed by atoms with Crippen LogP contribution in [0.15, 0.2) is 83.8 Å². The minimum Gasteiger partial charge on any atom is -0.497 e. The number of nitrogens with zero attached hydrogens (tertiary/aromatic N) is 2. The van der Waals surface area contributed by atoms with Crippen molar-refractivity contribution < 1.29 is 32.4 Å². The van der Waals surface area contributed by atoms with Crippen LogP contribution in [0.25, 0.3) is 11.1 Å². The highest BCUT2D eigenvalue weighted by atomic mass is 32.2. The highest BCUT2D eigenvalue weighted by molar-refractivity contribution is 7.89. The lowest BCUT2D eigenvalue weighted by Crippen LogP contribution is -2.67. The average Bonchev–Trinajstić information content (AvgIpc) is 2.96. The lowest BCUT2D eigenvalue weighted by atomic mass is 9.83. The van der Waals surface area contributed by atoms with Gasteiger partial charge in [0, 0.05) is 24.8 Å². The largest absolute Gasteiger partial charge is 0.497 e. The molecule has 0 spiro atoms. The highest BCUT2D eigenvalue weighted by Crippen LogP contribution is 2.38. The van der Waals surface area contributed by atoms with Gasteiger partial charge < -0.3 is 9.84 Å². The fourth-order valence-electron chi connectivity index (χ4n) is 5.86. The molecule has 0 aromatic heterocycles. The number of methoxy groups -OCH3 is 1. The molecule has 40 heavy (non-hydrogen) atoms. The second-order valence-electron chi connectivity index (χ2n) is 10.5. The molecule has 1 amide bonds. The van der Waals surface area contributed by atoms with Crippen LogP contribution < -0.4 is 4.74 Å². The second kappa shape index (κ2) is 12.3. The Morgan fingerprint density at radius 3 is 1.95 bits per heavy atom. The molecule has 8 nitrogen and oxygen atoms in total. The molecule has 1 saturated carbocycles. The van der Waals surface area contributed by atoms with Crippen LogP contribution in [0.4, 0.5) is 0 Å². The molecule has 212 valence electrons. The number of aliphatic carboxylic acids is 1. The predicted octanol–water partition coefficient (Wildman–Crippen LogP) is 5.49. The first-order chi connectivity index (χ1) is 19.1. The zero-order chi connectivity index (χ0) is 28.9. The van der Waals surface area contributed by atoms with Gasteiger partial charge >= 0.3 is 11.9 Å². The monoisotopic (exact) mass is 565 g/mol. The number of carbonyl (C=O) groups is 2. The van der Waals surface area contributed by atoms with Crippen molar-refractivity contribution in [2.45, 2.75) is 56.5 Å². The van der Waals surface area contributed by atoms with Crippen LogP contribution in [0.1, 0.15) is 44.6 Å². The molecule has 1 N–H and O–H groups in total. The Kier molecular flexibility index (Phi) is 9.08. The summed E-state index contributed by atoms with van der Waals surface area (Å²) in [4.78, 5) is 25.0. The minimum atomic E-state index is -4.08. The van der Waals surface area contributed by atoms with Gasteiger partial charge in [-0.2, -0.15) is 4.59 Å². The number of carboxylic acid groups (broad SMARTS) is 1. The van der Waals surface area contributed by atoms with E-state index in [0.717, 1.165) is 22.4 Å². The van der Waals surface area contributed by atoms with Gasteiger partial charge in [-0.15, -0.1) is 0 Å². The van der Waals surface area contributed by atoms with E-state index >= 15 is 0 Å². The Bertz CT molecular complexity index is 1420. The number of carboxylic acids is 1. The van der Waals surface area contributed by atoms with Crippen molar-refractivity contribution in [2.24, 2.45) is 5.92 Å². The summed E-state index contributed by atoms with van der Waals surface area (Å²) in [5, 5.41) is 9.26. The van der Waals surface area contributed by atoms with Gasteiger partial charge in [-0.3, -0.25) is 4.79 Å². The van der Waals surface area contributed by atoms with Gasteiger partial charge in [-0.25, -0.2) is 13.2 Å². The lowest BCUT2D eigenvalue weighted by Gasteiger charge is -2.47. The van der Waals surface area contributed by atoms with Gasteiger partial charge in [0.1, 0.15) is 18.3 Å². The zero-order valence-electron chi connectivity index (χ0n) is 23.2. The maximum absolute atomic E-state index is 14.1. The van der Waals surface area contributed by atoms with E-state index in [1.165, 1.54) is 18.4 Å². The van der Waals surface area contributed by atoms with Crippen molar-refractivity contribution in [3.05, 3.63) is 84.4 Å². The maximum Gasteiger partial charge on any atom is 0.331 e. The van der Waals surface area contributed by atoms with Crippen LogP contribution in [0, 0.1) is 5.92 Å². The predicted molar refractivity (Wildman–Crippen MR) is 152 cm³/mol. The first-order valence-electron chi connectivity index (χ1n) is 13.5. The smallest absolute Gasteiger partial charge is 0.331 e. The summed E-state index contributed by atoms with van der Waals surface area (Å²) in [6, 6.07) is 23.3. The number of benzene rings is 3. The third-order valence-electron chi connectivity index (χ3n) is 8.12. The Balaban J connectivity index is 1.69. The quantitative estimate of drug-likeness (QED) is 0.258. The first kappa shape index (κ1) is 29.5. The summed E-state index contributed by atoms with van der Waals surface area (Å²) in [6.07, 6.45) is 2.45. The summed E-state index contributed by atoms with van der Waals surface area (Å²) in [7, 11) is -0.995. The van der Waals surface area contributed by atoms with Crippen molar-refractivity contribution in [2.75, 3.05) is 14.2 Å². The lowest BCUT2D eigenvalue weighted by molar-refractivity contribution is -0.980. The van der Waals surface area contributed by atoms with Gasteiger partial charge in [-0.1, -0.05) is 54.6 Å². The van der Waals surface area contributed by atoms with Crippen molar-refractivity contribution in [3.63, 3.8) is 0 Å². The fourth-order valence-corrected chi connectivity index (χ4v) is 7.33. The van der Waals surface area contributed by atoms with E-state index in [4.69, 9.17) is 4.74 Å². The van der Waals surface area contributed by atoms with Crippen molar-refractivity contribution in [3.8, 4) is 16.9 Å². The Hall–Kier alpha value is -3.53. The fraction of sp³-hybridized carbons (Fsp3) is 0.355. The second-order valence-corrected chi connectivity index (χ2v) is 12.4. The molecule has 1 unspecified atom stereocenters. The Morgan fingerprint density at radius 1 is 0.900 bits per heavy atom. The molecule has 0 aliphatic heterocycles. The number of sulfonamides is 1. The van der Waals surface area contributed by atoms with Gasteiger partial charge in [0.2, 0.25) is 0 Å². The standard InChI is InChI=1S/C31H36N2O6S/c1-23(34)33(22-25-7-5-4-6-8-25,28-15-9-24(10-16-28)21-31(35)36)32(2)40(37,38)30-19-13-27(14-20-30)26-11-17-29(39-3)18-12-26/h4-8,11-14,17-20,24,28H,9-10,15-16,21-22H2,1-3H3/p+1. The van der Waals surface area contributed by atoms with Crippen LogP contribution in [-0.4, -0.2) is 54.6 Å². The van der Waals surface area contributed by atoms with Crippen molar-refractivity contribution in [1.29, 1.82) is 0 Å². The molecule has 3 aromatic carbocycles. The van der Waals surface area contributed by atoms with Gasteiger partial charge in [0.25, 0.3) is 10.0 Å². The summed E-state index contributed by atoms with van der Waals surface area (Å²) in [5.74, 6) is -0.352. The molecule has 0 radical (unpaired) electrons. The van der Waals surface area contributed by atoms with Gasteiger partial charge in [0.05, 0.1) is 26.0 Å². The number of ether oxygens (including phenoxy) is 1. The van der Waals surface area contributed by atoms with E-state index in [1.54, 1.807) is 31.4 Å². The van der Waals surface area contributed by atoms with Gasteiger partial charge in [-0.05, 0) is 58.6 Å². The van der Waals surface area contributed by atoms with Gasteiger partial charge in [0.15, 0.2) is 0 Å². The van der Waals surface area contributed by atoms with E-state index in [2.05, 4.69) is 0 Å². The normalized spacial score (nSPS) is 19.1. The Labute approximate surface area is 236 Å². The molecule has 0 heterocycles. The summed E-state index contributed by atoms with van der Waals surface area (Å²) >= 11 is 0. The van der Waals surface area contributed by atoms with E-state index in [-0.39, 0.29) is 40.3 Å². The zero-order valence-corrected chi connectivity index (χ0v) is 24.0. The molecule has 9 heteroatoms. The molecular weight excluding hydrogens is 528 g/mol. The van der Waals surface area contributed by atoms with E-state index in [1.807, 2.05) is 54.6 Å². The third-order valence-corrected chi connectivity index (χ3v) is 9.98. The van der Waals surface area contributed by atoms with Crippen LogP contribution in [-0.2, 0) is 26.2 Å². The molecule has 1 aliphatic rings. The number of quaternary nitrogens is 1. The number of amides is 1. The molecular formula is C31H37N2O6S+. The van der Waals surface area contributed by atoms with E-state index in [9.17, 15) is 23.1 Å². The summed E-state index contributed by atoms with van der Waals surface area (Å²) in [6.45, 7) is 1.63. The average molecular weight is 566 g/mol. The first-order valence-corrected chi connectivity index (χ1v) is 14.9. The minimum absolute atomic E-state index is 0.0201. The summed E-state index contributed by atoms with van der Waals surface area (Å²) < 4.78 is 34.3. The molecule has 1 fully saturated rings. The van der Waals surface area contributed by atoms with Crippen molar-refractivity contribution in [1.82, 2.24) is 4.41 Å². The third kappa shape index (κ3) is 6.11. The number of rotatable bonds is 10. The molecule has 1 atom stereocenters. The van der Waals surface area contributed by atoms with Crippen LogP contribution in [0.2, 0.25) is 0 Å². The topological polar surface area (TPSA) is 101 Å². The molecule has 0 saturated heterocycles. The number of hydrogen-bond donors (Lipinski definition) is 1. The van der Waals surface area contributed by atoms with Crippen LogP contribution in [0.3, 0.4) is 0 Å². The van der Waals surface area contributed by atoms with E-state index < -0.39 is 16.0 Å². The SMILES string of the molecule is COc1ccc(-c2ccc(S(=O)(=O)N(C)[N+](Cc3ccccc3)(C(C)=O)C3CCC(CC(=O)O)CC3)cc2)cc1. The van der Waals surface area contributed by atoms with Crippen LogP contribution in [0.5, 0.6) is 5.75 Å². The maximum atomic E-state index is 14.1. The van der Waals surface area contributed by atoms with E-state index in [0.29, 0.717) is 25.7 Å². The van der Waals surface area contributed by atoms with Crippen LogP contribution >= 0.6 is 0 Å². The van der Waals surface area contributed by atoms with Crippen molar-refractivity contribution >= 4 is 21.9 Å². The highest BCUT2D eigenvalue weighted by Gasteiger charge is 2.52. The molecule has 0 bridgehead atoms. The Morgan fingerprint density at radius 2 is 1.45 bits per heavy atom. The summed E-state index contributed by atoms with van der Waals surface area (Å²) in [5.41, 5.74) is 2.63. The number of carbonyl (C=O) groups excluding carboxylic acids is 1. The number of hydrogen-bond acceptors (Lipinski definition) is 5. The molecule has 4 rings (SSSR count). The molecule has 3 aromatic rings. The molecule has 1 aliphatic carbocycles.